The number of alkyl carbamates (subject to hydrolysis) is 1. The zero-order valence-corrected chi connectivity index (χ0v) is 15.5. The van der Waals surface area contributed by atoms with E-state index in [0.717, 1.165) is 25.7 Å². The van der Waals surface area contributed by atoms with E-state index in [4.69, 9.17) is 9.57 Å². The summed E-state index contributed by atoms with van der Waals surface area (Å²) in [6, 6.07) is 8.14. The highest BCUT2D eigenvalue weighted by Crippen LogP contribution is 2.20. The Bertz CT molecular complexity index is 600. The molecule has 0 bridgehead atoms. The van der Waals surface area contributed by atoms with Crippen LogP contribution in [-0.4, -0.2) is 34.9 Å². The smallest absolute Gasteiger partial charge is 0.407 e. The van der Waals surface area contributed by atoms with Gasteiger partial charge in [-0.1, -0.05) is 43.2 Å². The van der Waals surface area contributed by atoms with Crippen LogP contribution in [0.5, 0.6) is 0 Å². The van der Waals surface area contributed by atoms with Crippen molar-refractivity contribution in [3.63, 3.8) is 0 Å². The van der Waals surface area contributed by atoms with Gasteiger partial charge >= 0.3 is 12.1 Å². The molecule has 1 saturated carbocycles. The van der Waals surface area contributed by atoms with Crippen molar-refractivity contribution in [1.82, 2.24) is 10.8 Å². The average Bonchev–Trinajstić information content (AvgIpc) is 2.59. The average molecular weight is 364 g/mol. The van der Waals surface area contributed by atoms with E-state index in [0.29, 0.717) is 5.56 Å². The number of ether oxygens (including phenoxy) is 1. The van der Waals surface area contributed by atoms with Crippen LogP contribution in [0.25, 0.3) is 0 Å². The molecule has 3 N–H and O–H groups in total. The van der Waals surface area contributed by atoms with E-state index in [9.17, 15) is 14.7 Å². The standard InChI is InChI=1S/C19H28N2O5/c1-19(2,3)25-18(24)20-14-11-7-8-12-15(14)21-26-17(23)16(22)13-9-5-4-6-10-13/h4-6,9-10,14-16,21-22H,7-8,11-12H2,1-3H3,(H,20,24)/t14-,15+,16-/m0/s1. The summed E-state index contributed by atoms with van der Waals surface area (Å²) < 4.78 is 5.28. The maximum Gasteiger partial charge on any atom is 0.407 e. The van der Waals surface area contributed by atoms with Crippen LogP contribution in [0.3, 0.4) is 0 Å². The lowest BCUT2D eigenvalue weighted by molar-refractivity contribution is -0.164. The highest BCUT2D eigenvalue weighted by molar-refractivity contribution is 5.76. The fourth-order valence-electron chi connectivity index (χ4n) is 2.86. The van der Waals surface area contributed by atoms with Gasteiger partial charge in [-0.05, 0) is 39.2 Å². The van der Waals surface area contributed by atoms with Crippen molar-refractivity contribution in [2.75, 3.05) is 0 Å². The molecular weight excluding hydrogens is 336 g/mol. The number of nitrogens with one attached hydrogen (secondary N) is 2. The lowest BCUT2D eigenvalue weighted by atomic mass is 9.91. The predicted molar refractivity (Wildman–Crippen MR) is 96.0 cm³/mol. The summed E-state index contributed by atoms with van der Waals surface area (Å²) >= 11 is 0. The van der Waals surface area contributed by atoms with Crippen LogP contribution < -0.4 is 10.8 Å². The monoisotopic (exact) mass is 364 g/mol. The molecule has 1 aliphatic carbocycles. The number of aliphatic hydroxyl groups is 1. The first-order chi connectivity index (χ1) is 12.3. The SMILES string of the molecule is CC(C)(C)OC(=O)N[C@H]1CCCC[C@H]1NOC(=O)[C@@H](O)c1ccccc1. The Kier molecular flexibility index (Phi) is 6.99. The Labute approximate surface area is 154 Å². The molecule has 0 spiro atoms. The maximum absolute atomic E-state index is 12.1. The summed E-state index contributed by atoms with van der Waals surface area (Å²) in [5, 5.41) is 12.9. The fraction of sp³-hybridized carbons (Fsp3) is 0.579. The van der Waals surface area contributed by atoms with Crippen LogP contribution >= 0.6 is 0 Å². The van der Waals surface area contributed by atoms with Gasteiger partial charge in [-0.2, -0.15) is 0 Å². The Morgan fingerprint density at radius 1 is 1.12 bits per heavy atom. The second-order valence-corrected chi connectivity index (χ2v) is 7.50. The minimum atomic E-state index is -1.36. The number of hydrogen-bond acceptors (Lipinski definition) is 6. The number of hydroxylamine groups is 1. The first-order valence-electron chi connectivity index (χ1n) is 8.95. The summed E-state index contributed by atoms with van der Waals surface area (Å²) in [4.78, 5) is 29.1. The van der Waals surface area contributed by atoms with Gasteiger partial charge in [-0.25, -0.2) is 9.59 Å². The summed E-state index contributed by atoms with van der Waals surface area (Å²) in [5.74, 6) is -0.780. The summed E-state index contributed by atoms with van der Waals surface area (Å²) in [6.45, 7) is 5.40. The fourth-order valence-corrected chi connectivity index (χ4v) is 2.86. The van der Waals surface area contributed by atoms with Gasteiger partial charge in [0.1, 0.15) is 5.60 Å². The largest absolute Gasteiger partial charge is 0.444 e. The molecule has 1 aromatic carbocycles. The van der Waals surface area contributed by atoms with Crippen molar-refractivity contribution in [3.05, 3.63) is 35.9 Å². The van der Waals surface area contributed by atoms with Crippen molar-refractivity contribution < 1.29 is 24.3 Å². The van der Waals surface area contributed by atoms with Crippen molar-refractivity contribution in [2.24, 2.45) is 0 Å². The summed E-state index contributed by atoms with van der Waals surface area (Å²) in [7, 11) is 0. The molecule has 3 atom stereocenters. The molecule has 0 aliphatic heterocycles. The van der Waals surface area contributed by atoms with E-state index in [1.165, 1.54) is 0 Å². The molecule has 1 aromatic rings. The van der Waals surface area contributed by atoms with Gasteiger partial charge in [0.2, 0.25) is 0 Å². The number of amides is 1. The minimum absolute atomic E-state index is 0.208. The topological polar surface area (TPSA) is 96.9 Å². The molecule has 7 nitrogen and oxygen atoms in total. The molecule has 2 rings (SSSR count). The van der Waals surface area contributed by atoms with Crippen LogP contribution in [-0.2, 0) is 14.4 Å². The Balaban J connectivity index is 1.87. The predicted octanol–water partition coefficient (Wildman–Crippen LogP) is 2.60. The Hall–Kier alpha value is -2.12. The third-order valence-electron chi connectivity index (χ3n) is 4.12. The molecule has 26 heavy (non-hydrogen) atoms. The van der Waals surface area contributed by atoms with E-state index in [2.05, 4.69) is 10.8 Å². The van der Waals surface area contributed by atoms with Gasteiger partial charge < -0.3 is 20.0 Å². The van der Waals surface area contributed by atoms with E-state index in [1.54, 1.807) is 51.1 Å². The van der Waals surface area contributed by atoms with Crippen LogP contribution in [0.15, 0.2) is 30.3 Å². The molecule has 1 aliphatic rings. The number of carbonyl (C=O) groups excluding carboxylic acids is 2. The molecule has 0 aromatic heterocycles. The molecule has 0 saturated heterocycles. The number of aliphatic hydroxyl groups excluding tert-OH is 1. The number of hydrogen-bond donors (Lipinski definition) is 3. The Morgan fingerprint density at radius 3 is 2.35 bits per heavy atom. The molecule has 7 heteroatoms. The maximum atomic E-state index is 12.1. The molecule has 1 amide bonds. The lowest BCUT2D eigenvalue weighted by Crippen LogP contribution is -2.53. The zero-order valence-electron chi connectivity index (χ0n) is 15.5. The highest BCUT2D eigenvalue weighted by Gasteiger charge is 2.30. The van der Waals surface area contributed by atoms with Crippen LogP contribution in [0.1, 0.15) is 58.1 Å². The second kappa shape index (κ2) is 9.00. The van der Waals surface area contributed by atoms with Crippen molar-refractivity contribution in [3.8, 4) is 0 Å². The van der Waals surface area contributed by atoms with Crippen molar-refractivity contribution in [2.45, 2.75) is 70.2 Å². The first-order valence-corrected chi connectivity index (χ1v) is 8.95. The summed E-state index contributed by atoms with van der Waals surface area (Å²) in [6.07, 6.45) is 1.59. The van der Waals surface area contributed by atoms with Gasteiger partial charge in [-0.3, -0.25) is 0 Å². The van der Waals surface area contributed by atoms with E-state index in [1.807, 2.05) is 0 Å². The minimum Gasteiger partial charge on any atom is -0.444 e. The van der Waals surface area contributed by atoms with Crippen LogP contribution in [0.2, 0.25) is 0 Å². The molecule has 144 valence electrons. The van der Waals surface area contributed by atoms with Gasteiger partial charge in [-0.15, -0.1) is 5.48 Å². The van der Waals surface area contributed by atoms with Gasteiger partial charge in [0.05, 0.1) is 12.1 Å². The van der Waals surface area contributed by atoms with E-state index < -0.39 is 23.8 Å². The first kappa shape index (κ1) is 20.2. The highest BCUT2D eigenvalue weighted by atomic mass is 16.7. The van der Waals surface area contributed by atoms with Gasteiger partial charge in [0.15, 0.2) is 6.10 Å². The molecule has 1 fully saturated rings. The van der Waals surface area contributed by atoms with Gasteiger partial charge in [0, 0.05) is 0 Å². The number of rotatable bonds is 5. The molecule has 0 radical (unpaired) electrons. The molecular formula is C19H28N2O5. The van der Waals surface area contributed by atoms with Crippen molar-refractivity contribution >= 4 is 12.1 Å². The third kappa shape index (κ3) is 6.31. The van der Waals surface area contributed by atoms with E-state index >= 15 is 0 Å². The third-order valence-corrected chi connectivity index (χ3v) is 4.12. The molecule has 0 heterocycles. The van der Waals surface area contributed by atoms with Gasteiger partial charge in [0.25, 0.3) is 0 Å². The van der Waals surface area contributed by atoms with Crippen molar-refractivity contribution in [1.29, 1.82) is 0 Å². The quantitative estimate of drug-likeness (QED) is 0.695. The second-order valence-electron chi connectivity index (χ2n) is 7.50. The Morgan fingerprint density at radius 2 is 1.73 bits per heavy atom. The van der Waals surface area contributed by atoms with Crippen LogP contribution in [0, 0.1) is 0 Å². The normalized spacial score (nSPS) is 21.5. The number of benzene rings is 1. The summed E-state index contributed by atoms with van der Waals surface area (Å²) in [5.41, 5.74) is 2.60. The van der Waals surface area contributed by atoms with Crippen LogP contribution in [0.4, 0.5) is 4.79 Å². The zero-order chi connectivity index (χ0) is 19.2. The lowest BCUT2D eigenvalue weighted by Gasteiger charge is -2.32. The van der Waals surface area contributed by atoms with E-state index in [-0.39, 0.29) is 12.1 Å². The number of carbonyl (C=O) groups is 2. The molecule has 0 unspecified atom stereocenters.